The second-order valence-corrected chi connectivity index (χ2v) is 5.24. The van der Waals surface area contributed by atoms with Crippen molar-refractivity contribution in [2.75, 3.05) is 12.3 Å². The lowest BCUT2D eigenvalue weighted by molar-refractivity contribution is 0.272. The maximum absolute atomic E-state index is 10.5. The molecule has 7 nitrogen and oxygen atoms in total. The van der Waals surface area contributed by atoms with Crippen molar-refractivity contribution in [3.63, 3.8) is 0 Å². The average molecular weight is 333 g/mol. The molecule has 0 aliphatic heterocycles. The summed E-state index contributed by atoms with van der Waals surface area (Å²) in [5.41, 5.74) is 7.29. The van der Waals surface area contributed by atoms with Gasteiger partial charge < -0.3 is 5.73 Å². The van der Waals surface area contributed by atoms with Gasteiger partial charge in [-0.1, -0.05) is 24.3 Å². The highest BCUT2D eigenvalue weighted by Crippen LogP contribution is 2.22. The van der Waals surface area contributed by atoms with E-state index >= 15 is 0 Å². The average Bonchev–Trinajstić information content (AvgIpc) is 2.39. The minimum atomic E-state index is -4.38. The van der Waals surface area contributed by atoms with E-state index in [9.17, 15) is 8.42 Å². The quantitative estimate of drug-likeness (QED) is 0.619. The smallest absolute Gasteiger partial charge is 0.397 e. The normalized spacial score (nSPS) is 10.9. The van der Waals surface area contributed by atoms with Crippen LogP contribution in [-0.2, 0) is 32.6 Å². The Hall–Kier alpha value is -1.68. The predicted octanol–water partition coefficient (Wildman–Crippen LogP) is 0.578. The molecule has 0 aromatic heterocycles. The zero-order valence-corrected chi connectivity index (χ0v) is 12.7. The molecule has 0 unspecified atom stereocenters. The van der Waals surface area contributed by atoms with Gasteiger partial charge in [0.25, 0.3) is 0 Å². The molecule has 116 valence electrons. The third kappa shape index (κ3) is 6.08. The van der Waals surface area contributed by atoms with Gasteiger partial charge in [-0.05, 0) is 34.9 Å². The number of nitrogen functional groups attached to an aromatic ring is 1. The van der Waals surface area contributed by atoms with Crippen LogP contribution in [0.5, 0.6) is 0 Å². The molecule has 2 rings (SSSR count). The topological polar surface area (TPSA) is 124 Å². The Morgan fingerprint density at radius 3 is 2.48 bits per heavy atom. The van der Waals surface area contributed by atoms with E-state index in [4.69, 9.17) is 18.7 Å². The molecule has 0 aliphatic rings. The Morgan fingerprint density at radius 1 is 1.19 bits per heavy atom. The fourth-order valence-electron chi connectivity index (χ4n) is 1.83. The van der Waals surface area contributed by atoms with Crippen LogP contribution in [-0.4, -0.2) is 28.0 Å². The summed E-state index contributed by atoms with van der Waals surface area (Å²) in [6.07, 6.45) is 0.376. The summed E-state index contributed by atoms with van der Waals surface area (Å²) < 4.78 is 50.5. The van der Waals surface area contributed by atoms with E-state index in [1.807, 2.05) is 30.3 Å². The molecule has 0 atom stereocenters. The molecule has 0 bridgehead atoms. The minimum Gasteiger partial charge on any atom is -0.399 e. The Bertz CT molecular complexity index is 753. The van der Waals surface area contributed by atoms with Gasteiger partial charge in [0.1, 0.15) is 11.6 Å². The zero-order valence-electron chi connectivity index (χ0n) is 10.9. The predicted molar refractivity (Wildman–Crippen MR) is 81.3 cm³/mol. The monoisotopic (exact) mass is 333 g/mol. The zero-order chi connectivity index (χ0) is 15.9. The lowest BCUT2D eigenvalue weighted by Gasteiger charge is -2.07. The van der Waals surface area contributed by atoms with Crippen LogP contribution in [0, 0.1) is 0 Å². The number of anilines is 1. The Morgan fingerprint density at radius 2 is 1.86 bits per heavy atom. The van der Waals surface area contributed by atoms with Crippen molar-refractivity contribution in [3.05, 3.63) is 42.0 Å². The Kier molecular flexibility index (Phi) is 6.56. The standard InChI is InChI=1S/C12H13NO4S.H2O2S/c13-11-5-4-9-2-1-3-10(12(9)8-11)6-7-17-18(14,15)16;1-3-2/h1-5,8H,6-7,13H2,(H,14,15,16);3H2. The summed E-state index contributed by atoms with van der Waals surface area (Å²) >= 11 is -1.42. The van der Waals surface area contributed by atoms with Crippen molar-refractivity contribution < 1.29 is 25.6 Å². The van der Waals surface area contributed by atoms with Gasteiger partial charge >= 0.3 is 10.4 Å². The number of hydrogen-bond donors (Lipinski definition) is 2. The summed E-state index contributed by atoms with van der Waals surface area (Å²) in [4.78, 5) is 0. The van der Waals surface area contributed by atoms with Crippen LogP contribution in [0.25, 0.3) is 10.8 Å². The summed E-state index contributed by atoms with van der Waals surface area (Å²) in [5.74, 6) is 0. The van der Waals surface area contributed by atoms with Gasteiger partial charge in [0.05, 0.1) is 6.61 Å². The first kappa shape index (κ1) is 17.4. The number of nitrogens with two attached hydrogens (primary N) is 1. The highest BCUT2D eigenvalue weighted by atomic mass is 32.3. The van der Waals surface area contributed by atoms with E-state index in [0.29, 0.717) is 12.1 Å². The van der Waals surface area contributed by atoms with Crippen molar-refractivity contribution in [2.24, 2.45) is 0 Å². The lowest BCUT2D eigenvalue weighted by Crippen LogP contribution is -2.07. The molecule has 0 radical (unpaired) electrons. The van der Waals surface area contributed by atoms with Crippen molar-refractivity contribution in [1.82, 2.24) is 0 Å². The molecule has 0 saturated heterocycles. The second-order valence-electron chi connectivity index (χ2n) is 3.98. The van der Waals surface area contributed by atoms with E-state index in [2.05, 4.69) is 4.18 Å². The molecule has 0 spiro atoms. The molecule has 0 fully saturated rings. The molecule has 2 aromatic carbocycles. The molecule has 3 N–H and O–H groups in total. The van der Waals surface area contributed by atoms with Crippen LogP contribution in [0.15, 0.2) is 36.4 Å². The molecular weight excluding hydrogens is 318 g/mol. The van der Waals surface area contributed by atoms with Crippen LogP contribution in [0.3, 0.4) is 0 Å². The van der Waals surface area contributed by atoms with Crippen molar-refractivity contribution >= 4 is 38.4 Å². The molecule has 0 aliphatic carbocycles. The molecule has 0 heterocycles. The van der Waals surface area contributed by atoms with Crippen LogP contribution in [0.4, 0.5) is 5.69 Å². The third-order valence-corrected chi connectivity index (χ3v) is 3.06. The lowest BCUT2D eigenvalue weighted by atomic mass is 10.0. The second kappa shape index (κ2) is 7.93. The summed E-state index contributed by atoms with van der Waals surface area (Å²) in [6, 6.07) is 11.2. The molecular formula is C12H15NO6S2. The third-order valence-electron chi connectivity index (χ3n) is 2.60. The first-order valence-electron chi connectivity index (χ1n) is 5.75. The summed E-state index contributed by atoms with van der Waals surface area (Å²) in [7, 11) is -4.38. The van der Waals surface area contributed by atoms with Crippen molar-refractivity contribution in [1.29, 1.82) is 0 Å². The fraction of sp³-hybridized carbons (Fsp3) is 0.167. The van der Waals surface area contributed by atoms with Gasteiger partial charge in [-0.15, -0.1) is 0 Å². The highest BCUT2D eigenvalue weighted by molar-refractivity contribution is 7.80. The summed E-state index contributed by atoms with van der Waals surface area (Å²) in [5, 5.41) is 1.98. The first-order valence-corrected chi connectivity index (χ1v) is 7.94. The van der Waals surface area contributed by atoms with E-state index in [0.717, 1.165) is 16.3 Å². The van der Waals surface area contributed by atoms with E-state index in [-0.39, 0.29) is 6.61 Å². The number of fused-ring (bicyclic) bond motifs is 1. The van der Waals surface area contributed by atoms with Crippen LogP contribution < -0.4 is 5.73 Å². The van der Waals surface area contributed by atoms with E-state index in [1.54, 1.807) is 6.07 Å². The summed E-state index contributed by atoms with van der Waals surface area (Å²) in [6.45, 7) is -0.104. The van der Waals surface area contributed by atoms with Gasteiger partial charge in [-0.2, -0.15) is 8.42 Å². The van der Waals surface area contributed by atoms with Crippen LogP contribution in [0.1, 0.15) is 5.56 Å². The fourth-order valence-corrected chi connectivity index (χ4v) is 2.12. The molecule has 21 heavy (non-hydrogen) atoms. The van der Waals surface area contributed by atoms with E-state index < -0.39 is 22.0 Å². The molecule has 0 amide bonds. The molecule has 2 aromatic rings. The Balaban J connectivity index is 0.000000677. The Labute approximate surface area is 125 Å². The maximum Gasteiger partial charge on any atom is 0.397 e. The maximum atomic E-state index is 10.5. The highest BCUT2D eigenvalue weighted by Gasteiger charge is 2.06. The first-order chi connectivity index (χ1) is 9.87. The van der Waals surface area contributed by atoms with Crippen LogP contribution in [0.2, 0.25) is 0 Å². The van der Waals surface area contributed by atoms with Gasteiger partial charge in [-0.3, -0.25) is 4.55 Å². The number of hydrogen-bond acceptors (Lipinski definition) is 6. The van der Waals surface area contributed by atoms with Crippen LogP contribution >= 0.6 is 0 Å². The van der Waals surface area contributed by atoms with Gasteiger partial charge in [0.15, 0.2) is 0 Å². The SMILES string of the molecule is Nc1ccc2cccc(CCOS(=O)(=O)O)c2c1.O=[SH2]=O. The van der Waals surface area contributed by atoms with Crippen molar-refractivity contribution in [2.45, 2.75) is 6.42 Å². The van der Waals surface area contributed by atoms with E-state index in [1.165, 1.54) is 0 Å². The minimum absolute atomic E-state index is 0.104. The van der Waals surface area contributed by atoms with Gasteiger partial charge in [0.2, 0.25) is 0 Å². The largest absolute Gasteiger partial charge is 0.399 e. The molecule has 0 saturated carbocycles. The van der Waals surface area contributed by atoms with Crippen molar-refractivity contribution in [3.8, 4) is 0 Å². The number of benzene rings is 2. The van der Waals surface area contributed by atoms with Gasteiger partial charge in [0, 0.05) is 5.69 Å². The number of rotatable bonds is 4. The van der Waals surface area contributed by atoms with Gasteiger partial charge in [-0.25, -0.2) is 12.6 Å². The molecule has 9 heteroatoms.